The molecule has 0 aliphatic carbocycles. The molecule has 0 unspecified atom stereocenters. The highest BCUT2D eigenvalue weighted by Crippen LogP contribution is 2.29. The maximum atomic E-state index is 6.12. The molecule has 0 saturated heterocycles. The maximum absolute atomic E-state index is 6.12. The molecule has 7 heteroatoms. The molecule has 0 aromatic carbocycles. The highest BCUT2D eigenvalue weighted by atomic mass is 35.5. The molecule has 0 N–H and O–H groups in total. The molecule has 2 rings (SSSR count). The van der Waals surface area contributed by atoms with Crippen LogP contribution in [0.1, 0.15) is 5.56 Å². The van der Waals surface area contributed by atoms with Gasteiger partial charge in [-0.2, -0.15) is 0 Å². The van der Waals surface area contributed by atoms with Gasteiger partial charge in [0.1, 0.15) is 17.4 Å². The van der Waals surface area contributed by atoms with Crippen molar-refractivity contribution in [1.82, 2.24) is 14.8 Å². The number of fused-ring (bicyclic) bond motifs is 1. The van der Waals surface area contributed by atoms with Gasteiger partial charge in [-0.1, -0.05) is 43.9 Å². The summed E-state index contributed by atoms with van der Waals surface area (Å²) in [6.07, 6.45) is 1.77. The van der Waals surface area contributed by atoms with Crippen LogP contribution in [0, 0.1) is 0 Å². The fourth-order valence-corrected chi connectivity index (χ4v) is 3.20. The number of aromatic nitrogens is 3. The monoisotopic (exact) mass is 352 g/mol. The van der Waals surface area contributed by atoms with Gasteiger partial charge in [0.2, 0.25) is 0 Å². The lowest BCUT2D eigenvalue weighted by atomic mass is 10.2. The standard InChI is InChI=1S/C16H25ClN4OSi/c1-7-12-10-13(17)18-14-15(12)21(19-16(14)20(2)3)11-22-8-9-23(4,5)6/h7,10H,1,8-9,11H2,2-6H3. The average molecular weight is 353 g/mol. The summed E-state index contributed by atoms with van der Waals surface area (Å²) in [6, 6.07) is 2.93. The summed E-state index contributed by atoms with van der Waals surface area (Å²) in [6.45, 7) is 12.0. The first-order valence-electron chi connectivity index (χ1n) is 7.67. The molecule has 5 nitrogen and oxygen atoms in total. The Morgan fingerprint density at radius 1 is 1.39 bits per heavy atom. The number of anilines is 1. The van der Waals surface area contributed by atoms with E-state index in [1.54, 1.807) is 12.1 Å². The molecule has 0 aliphatic rings. The Kier molecular flexibility index (Phi) is 5.49. The average Bonchev–Trinajstić information content (AvgIpc) is 2.80. The van der Waals surface area contributed by atoms with Crippen LogP contribution in [0.5, 0.6) is 0 Å². The van der Waals surface area contributed by atoms with Crippen molar-refractivity contribution in [2.45, 2.75) is 32.4 Å². The number of ether oxygens (including phenoxy) is 1. The van der Waals surface area contributed by atoms with Crippen molar-refractivity contribution < 1.29 is 4.74 Å². The highest BCUT2D eigenvalue weighted by molar-refractivity contribution is 6.76. The molecule has 2 heterocycles. The second-order valence-electron chi connectivity index (χ2n) is 7.00. The Balaban J connectivity index is 2.34. The van der Waals surface area contributed by atoms with E-state index in [0.29, 0.717) is 11.9 Å². The highest BCUT2D eigenvalue weighted by Gasteiger charge is 2.18. The lowest BCUT2D eigenvalue weighted by Gasteiger charge is -2.15. The van der Waals surface area contributed by atoms with Crippen LogP contribution in [0.3, 0.4) is 0 Å². The zero-order valence-electron chi connectivity index (χ0n) is 14.6. The number of hydrogen-bond donors (Lipinski definition) is 0. The Morgan fingerprint density at radius 3 is 2.65 bits per heavy atom. The Labute approximate surface area is 143 Å². The third-order valence-corrected chi connectivity index (χ3v) is 5.43. The fourth-order valence-electron chi connectivity index (χ4n) is 2.24. The van der Waals surface area contributed by atoms with Gasteiger partial charge in [0.25, 0.3) is 0 Å². The molecule has 0 aliphatic heterocycles. The van der Waals surface area contributed by atoms with Crippen LogP contribution in [0.15, 0.2) is 12.6 Å². The second kappa shape index (κ2) is 7.03. The predicted octanol–water partition coefficient (Wildman–Crippen LogP) is 4.11. The first-order chi connectivity index (χ1) is 10.7. The van der Waals surface area contributed by atoms with Crippen molar-refractivity contribution in [2.75, 3.05) is 25.6 Å². The summed E-state index contributed by atoms with van der Waals surface area (Å²) in [5.41, 5.74) is 2.58. The minimum atomic E-state index is -1.10. The molecule has 0 saturated carbocycles. The van der Waals surface area contributed by atoms with Crippen LogP contribution < -0.4 is 4.90 Å². The molecular weight excluding hydrogens is 328 g/mol. The van der Waals surface area contributed by atoms with Crippen molar-refractivity contribution in [3.8, 4) is 0 Å². The van der Waals surface area contributed by atoms with Crippen molar-refractivity contribution in [2.24, 2.45) is 0 Å². The molecular formula is C16H25ClN4OSi. The molecule has 0 atom stereocenters. The minimum absolute atomic E-state index is 0.402. The van der Waals surface area contributed by atoms with Gasteiger partial charge >= 0.3 is 0 Å². The van der Waals surface area contributed by atoms with Gasteiger partial charge in [0.15, 0.2) is 5.82 Å². The molecule has 0 fully saturated rings. The lowest BCUT2D eigenvalue weighted by Crippen LogP contribution is -2.22. The molecule has 0 spiro atoms. The van der Waals surface area contributed by atoms with Crippen LogP contribution in [0.25, 0.3) is 17.1 Å². The van der Waals surface area contributed by atoms with Gasteiger partial charge in [0, 0.05) is 34.3 Å². The Bertz CT molecular complexity index is 706. The largest absolute Gasteiger partial charge is 0.360 e. The summed E-state index contributed by atoms with van der Waals surface area (Å²) in [5, 5.41) is 5.07. The van der Waals surface area contributed by atoms with Crippen LogP contribution >= 0.6 is 11.6 Å². The predicted molar refractivity (Wildman–Crippen MR) is 101 cm³/mol. The Morgan fingerprint density at radius 2 is 2.09 bits per heavy atom. The van der Waals surface area contributed by atoms with E-state index in [1.165, 1.54) is 0 Å². The van der Waals surface area contributed by atoms with Crippen molar-refractivity contribution in [1.29, 1.82) is 0 Å². The van der Waals surface area contributed by atoms with Gasteiger partial charge in [0.05, 0.1) is 5.52 Å². The van der Waals surface area contributed by atoms with Gasteiger partial charge in [-0.05, 0) is 12.1 Å². The fraction of sp³-hybridized carbons (Fsp3) is 0.500. The van der Waals surface area contributed by atoms with Crippen molar-refractivity contribution in [3.63, 3.8) is 0 Å². The van der Waals surface area contributed by atoms with E-state index in [2.05, 4.69) is 36.3 Å². The second-order valence-corrected chi connectivity index (χ2v) is 13.0. The van der Waals surface area contributed by atoms with Crippen molar-refractivity contribution >= 4 is 42.6 Å². The lowest BCUT2D eigenvalue weighted by molar-refractivity contribution is 0.0818. The summed E-state index contributed by atoms with van der Waals surface area (Å²) in [4.78, 5) is 6.37. The van der Waals surface area contributed by atoms with Crippen molar-refractivity contribution in [3.05, 3.63) is 23.4 Å². The van der Waals surface area contributed by atoms with Gasteiger partial charge in [-0.25, -0.2) is 9.67 Å². The van der Waals surface area contributed by atoms with Gasteiger partial charge < -0.3 is 9.64 Å². The van der Waals surface area contributed by atoms with E-state index in [1.807, 2.05) is 23.7 Å². The zero-order chi connectivity index (χ0) is 17.2. The van der Waals surface area contributed by atoms with Crippen LogP contribution in [-0.4, -0.2) is 43.5 Å². The van der Waals surface area contributed by atoms with E-state index in [0.717, 1.165) is 35.1 Å². The number of hydrogen-bond acceptors (Lipinski definition) is 4. The SMILES string of the molecule is C=Cc1cc(Cl)nc2c(N(C)C)nn(COCC[Si](C)(C)C)c12. The number of nitrogens with zero attached hydrogens (tertiary/aromatic N) is 4. The van der Waals surface area contributed by atoms with Gasteiger partial charge in [-0.3, -0.25) is 0 Å². The van der Waals surface area contributed by atoms with E-state index >= 15 is 0 Å². The van der Waals surface area contributed by atoms with E-state index < -0.39 is 8.07 Å². The van der Waals surface area contributed by atoms with E-state index in [9.17, 15) is 0 Å². The van der Waals surface area contributed by atoms with E-state index in [4.69, 9.17) is 16.3 Å². The topological polar surface area (TPSA) is 43.2 Å². The van der Waals surface area contributed by atoms with Crippen LogP contribution in [-0.2, 0) is 11.5 Å². The summed E-state index contributed by atoms with van der Waals surface area (Å²) >= 11 is 6.12. The molecule has 126 valence electrons. The number of halogens is 1. The summed E-state index contributed by atoms with van der Waals surface area (Å²) in [5.74, 6) is 0.777. The first kappa shape index (κ1) is 18.0. The summed E-state index contributed by atoms with van der Waals surface area (Å²) in [7, 11) is 2.78. The number of rotatable bonds is 7. The quantitative estimate of drug-likeness (QED) is 0.427. The maximum Gasteiger partial charge on any atom is 0.176 e. The minimum Gasteiger partial charge on any atom is -0.360 e. The first-order valence-corrected chi connectivity index (χ1v) is 11.8. The smallest absolute Gasteiger partial charge is 0.176 e. The Hall–Kier alpha value is -1.37. The molecule has 2 aromatic heterocycles. The van der Waals surface area contributed by atoms with E-state index in [-0.39, 0.29) is 0 Å². The molecule has 2 aromatic rings. The zero-order valence-corrected chi connectivity index (χ0v) is 16.3. The molecule has 0 radical (unpaired) electrons. The van der Waals surface area contributed by atoms with Gasteiger partial charge in [-0.15, -0.1) is 5.10 Å². The third-order valence-electron chi connectivity index (χ3n) is 3.53. The molecule has 0 bridgehead atoms. The normalized spacial score (nSPS) is 11.9. The molecule has 0 amide bonds. The third kappa shape index (κ3) is 4.34. The number of pyridine rings is 1. The summed E-state index contributed by atoms with van der Waals surface area (Å²) < 4.78 is 7.69. The molecule has 23 heavy (non-hydrogen) atoms. The van der Waals surface area contributed by atoms with Crippen LogP contribution in [0.4, 0.5) is 5.82 Å². The van der Waals surface area contributed by atoms with Crippen LogP contribution in [0.2, 0.25) is 30.8 Å².